The summed E-state index contributed by atoms with van der Waals surface area (Å²) in [6, 6.07) is 0. The van der Waals surface area contributed by atoms with Gasteiger partial charge in [-0.2, -0.15) is 0 Å². The van der Waals surface area contributed by atoms with Gasteiger partial charge in [-0.1, -0.05) is 67.5 Å². The molecule has 0 N–H and O–H groups in total. The molecular formula is C13H23IO. The van der Waals surface area contributed by atoms with Crippen LogP contribution in [0, 0.1) is 11.8 Å². The zero-order chi connectivity index (χ0) is 10.7. The van der Waals surface area contributed by atoms with Gasteiger partial charge in [-0.15, -0.1) is 0 Å². The predicted molar refractivity (Wildman–Crippen MR) is 72.5 cm³/mol. The summed E-state index contributed by atoms with van der Waals surface area (Å²) in [5.74, 6) is 1.80. The number of ether oxygens (including phenoxy) is 1. The molecule has 1 saturated carbocycles. The van der Waals surface area contributed by atoms with Crippen molar-refractivity contribution in [2.45, 2.75) is 61.9 Å². The molecule has 0 radical (unpaired) electrons. The van der Waals surface area contributed by atoms with Gasteiger partial charge in [-0.05, 0) is 18.8 Å². The topological polar surface area (TPSA) is 9.23 Å². The molecule has 0 spiro atoms. The molecule has 2 aliphatic rings. The van der Waals surface area contributed by atoms with Gasteiger partial charge in [0.25, 0.3) is 0 Å². The highest BCUT2D eigenvalue weighted by molar-refractivity contribution is 14.1. The van der Waals surface area contributed by atoms with Gasteiger partial charge in [0.05, 0.1) is 12.7 Å². The van der Waals surface area contributed by atoms with E-state index < -0.39 is 0 Å². The van der Waals surface area contributed by atoms with Crippen molar-refractivity contribution < 1.29 is 4.74 Å². The standard InChI is InChI=1S/C13H23IO/c1-10-13(14)12(9-15-10)11-7-5-3-2-4-6-8-11/h10-13H,2-9H2,1H3/t10-,12?,13+/m0/s1. The van der Waals surface area contributed by atoms with E-state index in [1.165, 1.54) is 44.9 Å². The zero-order valence-corrected chi connectivity index (χ0v) is 11.9. The van der Waals surface area contributed by atoms with Crippen LogP contribution >= 0.6 is 22.6 Å². The highest BCUT2D eigenvalue weighted by Gasteiger charge is 2.37. The minimum absolute atomic E-state index is 0.487. The second-order valence-electron chi connectivity index (χ2n) is 5.25. The maximum atomic E-state index is 5.80. The largest absolute Gasteiger partial charge is 0.377 e. The van der Waals surface area contributed by atoms with Crippen molar-refractivity contribution in [2.75, 3.05) is 6.61 Å². The van der Waals surface area contributed by atoms with Crippen LogP contribution in [-0.4, -0.2) is 16.6 Å². The van der Waals surface area contributed by atoms with Crippen molar-refractivity contribution in [3.05, 3.63) is 0 Å². The normalized spacial score (nSPS) is 40.0. The molecule has 0 aromatic rings. The average Bonchev–Trinajstić information content (AvgIpc) is 2.48. The molecule has 2 rings (SSSR count). The van der Waals surface area contributed by atoms with E-state index in [9.17, 15) is 0 Å². The highest BCUT2D eigenvalue weighted by atomic mass is 127. The van der Waals surface area contributed by atoms with E-state index in [0.29, 0.717) is 6.10 Å². The van der Waals surface area contributed by atoms with E-state index in [-0.39, 0.29) is 0 Å². The van der Waals surface area contributed by atoms with Crippen LogP contribution in [-0.2, 0) is 4.74 Å². The molecule has 0 aromatic carbocycles. The van der Waals surface area contributed by atoms with Crippen LogP contribution in [0.1, 0.15) is 51.9 Å². The van der Waals surface area contributed by atoms with Crippen LogP contribution in [0.2, 0.25) is 0 Å². The molecule has 15 heavy (non-hydrogen) atoms. The Labute approximate surface area is 107 Å². The first-order chi connectivity index (χ1) is 7.29. The lowest BCUT2D eigenvalue weighted by Gasteiger charge is -2.27. The first-order valence-corrected chi connectivity index (χ1v) is 7.79. The van der Waals surface area contributed by atoms with Crippen LogP contribution in [0.5, 0.6) is 0 Å². The van der Waals surface area contributed by atoms with Gasteiger partial charge in [-0.25, -0.2) is 0 Å². The first kappa shape index (κ1) is 12.2. The van der Waals surface area contributed by atoms with E-state index in [1.54, 1.807) is 0 Å². The summed E-state index contributed by atoms with van der Waals surface area (Å²) in [4.78, 5) is 0. The smallest absolute Gasteiger partial charge is 0.0668 e. The quantitative estimate of drug-likeness (QED) is 0.520. The molecular weight excluding hydrogens is 299 g/mol. The second-order valence-corrected chi connectivity index (χ2v) is 6.69. The van der Waals surface area contributed by atoms with Gasteiger partial charge >= 0.3 is 0 Å². The van der Waals surface area contributed by atoms with E-state index in [1.807, 2.05) is 0 Å². The molecule has 3 atom stereocenters. The average molecular weight is 322 g/mol. The van der Waals surface area contributed by atoms with Gasteiger partial charge in [0.15, 0.2) is 0 Å². The summed E-state index contributed by atoms with van der Waals surface area (Å²) in [6.45, 7) is 3.26. The highest BCUT2D eigenvalue weighted by Crippen LogP contribution is 2.38. The first-order valence-electron chi connectivity index (χ1n) is 6.54. The maximum absolute atomic E-state index is 5.80. The van der Waals surface area contributed by atoms with E-state index in [0.717, 1.165) is 22.4 Å². The minimum atomic E-state index is 0.487. The lowest BCUT2D eigenvalue weighted by Crippen LogP contribution is -2.25. The number of alkyl halides is 1. The third kappa shape index (κ3) is 3.09. The molecule has 88 valence electrons. The summed E-state index contributed by atoms with van der Waals surface area (Å²) in [5, 5.41) is 0. The van der Waals surface area contributed by atoms with Crippen molar-refractivity contribution in [1.29, 1.82) is 0 Å². The Balaban J connectivity index is 1.90. The fourth-order valence-corrected chi connectivity index (χ4v) is 4.11. The van der Waals surface area contributed by atoms with Gasteiger partial charge in [0.2, 0.25) is 0 Å². The van der Waals surface area contributed by atoms with Crippen molar-refractivity contribution in [3.8, 4) is 0 Å². The summed E-state index contributed by atoms with van der Waals surface area (Å²) in [5.41, 5.74) is 0. The molecule has 1 nitrogen and oxygen atoms in total. The molecule has 0 aromatic heterocycles. The Hall–Kier alpha value is 0.690. The number of rotatable bonds is 1. The molecule has 1 saturated heterocycles. The molecule has 1 heterocycles. The molecule has 1 unspecified atom stereocenters. The predicted octanol–water partition coefficient (Wildman–Crippen LogP) is 4.19. The monoisotopic (exact) mass is 322 g/mol. The third-order valence-corrected chi connectivity index (χ3v) is 6.10. The maximum Gasteiger partial charge on any atom is 0.0668 e. The number of hydrogen-bond acceptors (Lipinski definition) is 1. The fourth-order valence-electron chi connectivity index (χ4n) is 3.11. The lowest BCUT2D eigenvalue weighted by atomic mass is 9.81. The van der Waals surface area contributed by atoms with Crippen molar-refractivity contribution in [2.24, 2.45) is 11.8 Å². The molecule has 0 amide bonds. The molecule has 2 heteroatoms. The Morgan fingerprint density at radius 3 is 2.13 bits per heavy atom. The second kappa shape index (κ2) is 5.85. The van der Waals surface area contributed by atoms with E-state index >= 15 is 0 Å². The molecule has 2 fully saturated rings. The van der Waals surface area contributed by atoms with Crippen LogP contribution in [0.15, 0.2) is 0 Å². The van der Waals surface area contributed by atoms with E-state index in [4.69, 9.17) is 4.74 Å². The van der Waals surface area contributed by atoms with E-state index in [2.05, 4.69) is 29.5 Å². The Kier molecular flexibility index (Phi) is 4.74. The van der Waals surface area contributed by atoms with Crippen LogP contribution < -0.4 is 0 Å². The third-order valence-electron chi connectivity index (χ3n) is 4.16. The van der Waals surface area contributed by atoms with Crippen molar-refractivity contribution in [3.63, 3.8) is 0 Å². The Morgan fingerprint density at radius 2 is 1.60 bits per heavy atom. The van der Waals surface area contributed by atoms with Crippen LogP contribution in [0.4, 0.5) is 0 Å². The fraction of sp³-hybridized carbons (Fsp3) is 1.00. The van der Waals surface area contributed by atoms with Crippen LogP contribution in [0.25, 0.3) is 0 Å². The molecule has 1 aliphatic heterocycles. The van der Waals surface area contributed by atoms with Crippen molar-refractivity contribution >= 4 is 22.6 Å². The Morgan fingerprint density at radius 1 is 1.00 bits per heavy atom. The van der Waals surface area contributed by atoms with Crippen LogP contribution in [0.3, 0.4) is 0 Å². The number of hydrogen-bond donors (Lipinski definition) is 0. The summed E-state index contributed by atoms with van der Waals surface area (Å²) < 4.78 is 6.55. The van der Waals surface area contributed by atoms with Gasteiger partial charge < -0.3 is 4.74 Å². The summed E-state index contributed by atoms with van der Waals surface area (Å²) in [7, 11) is 0. The summed E-state index contributed by atoms with van der Waals surface area (Å²) >= 11 is 2.62. The lowest BCUT2D eigenvalue weighted by molar-refractivity contribution is 0.113. The Bertz CT molecular complexity index is 187. The van der Waals surface area contributed by atoms with Gasteiger partial charge in [0.1, 0.15) is 0 Å². The van der Waals surface area contributed by atoms with Gasteiger partial charge in [-0.3, -0.25) is 0 Å². The SMILES string of the molecule is C[C@@H]1OCC(C2CCCCCCC2)[C@@H]1I. The van der Waals surface area contributed by atoms with Gasteiger partial charge in [0, 0.05) is 3.92 Å². The zero-order valence-electron chi connectivity index (χ0n) is 9.75. The summed E-state index contributed by atoms with van der Waals surface area (Å²) in [6.07, 6.45) is 10.7. The molecule has 0 bridgehead atoms. The van der Waals surface area contributed by atoms with Crippen molar-refractivity contribution in [1.82, 2.24) is 0 Å². The minimum Gasteiger partial charge on any atom is -0.377 e. The number of halogens is 1. The molecule has 1 aliphatic carbocycles.